The van der Waals surface area contributed by atoms with E-state index in [9.17, 15) is 0 Å². The van der Waals surface area contributed by atoms with E-state index in [4.69, 9.17) is 9.40 Å². The third kappa shape index (κ3) is 5.16. The second kappa shape index (κ2) is 12.7. The molecule has 0 saturated heterocycles. The molecule has 0 amide bonds. The van der Waals surface area contributed by atoms with Crippen LogP contribution >= 0.6 is 0 Å². The van der Waals surface area contributed by atoms with Crippen LogP contribution in [0.2, 0.25) is 0 Å². The third-order valence-corrected chi connectivity index (χ3v) is 16.3. The second-order valence-electron chi connectivity index (χ2n) is 22.0. The molecular weight excluding hydrogens is 777 g/mol. The minimum Gasteiger partial charge on any atom is -0.436 e. The summed E-state index contributed by atoms with van der Waals surface area (Å²) in [5.74, 6) is 0.645. The van der Waals surface area contributed by atoms with Gasteiger partial charge in [0.05, 0.1) is 11.0 Å². The van der Waals surface area contributed by atoms with Gasteiger partial charge >= 0.3 is 6.85 Å². The SMILES string of the molecule is CC1(C)CCC(C)(C)c2cc(N3B4c5cc6nc(-c7ccccc7)oc6cc5-n5c6ccccc6c6c(-c7ccccc7)cc(c4c65)-c4cc5c(cc43)C(C)(C)CCC5(C)C)ccc21. The van der Waals surface area contributed by atoms with Gasteiger partial charge in [-0.3, -0.25) is 0 Å². The highest BCUT2D eigenvalue weighted by Gasteiger charge is 2.48. The minimum absolute atomic E-state index is 0.0322. The Morgan fingerprint density at radius 3 is 1.84 bits per heavy atom. The molecule has 7 aromatic carbocycles. The fourth-order valence-corrected chi connectivity index (χ4v) is 12.5. The third-order valence-electron chi connectivity index (χ3n) is 16.3. The van der Waals surface area contributed by atoms with Crippen molar-refractivity contribution in [2.75, 3.05) is 4.81 Å². The van der Waals surface area contributed by atoms with Crippen LogP contribution < -0.4 is 15.7 Å². The molecule has 2 aliphatic carbocycles. The van der Waals surface area contributed by atoms with Gasteiger partial charge in [0.25, 0.3) is 0 Å². The summed E-state index contributed by atoms with van der Waals surface area (Å²) in [6, 6.07) is 50.4. The van der Waals surface area contributed by atoms with Gasteiger partial charge in [-0.15, -0.1) is 0 Å². The topological polar surface area (TPSA) is 34.2 Å². The Kier molecular flexibility index (Phi) is 7.56. The average molecular weight is 832 g/mol. The first-order chi connectivity index (χ1) is 30.7. The maximum atomic E-state index is 6.73. The van der Waals surface area contributed by atoms with Crippen molar-refractivity contribution in [2.45, 2.75) is 103 Å². The Morgan fingerprint density at radius 2 is 1.14 bits per heavy atom. The molecule has 0 unspecified atom stereocenters. The molecular formula is C59H54BN3O. The Bertz CT molecular complexity index is 3460. The van der Waals surface area contributed by atoms with E-state index in [2.05, 4.69) is 192 Å². The molecule has 4 aliphatic rings. The predicted octanol–water partition coefficient (Wildman–Crippen LogP) is 14.2. The van der Waals surface area contributed by atoms with Crippen molar-refractivity contribution in [3.63, 3.8) is 0 Å². The van der Waals surface area contributed by atoms with Crippen LogP contribution in [0.25, 0.3) is 72.3 Å². The zero-order valence-electron chi connectivity index (χ0n) is 38.4. The molecule has 2 aliphatic heterocycles. The number of hydrogen-bond donors (Lipinski definition) is 0. The van der Waals surface area contributed by atoms with E-state index < -0.39 is 0 Å². The van der Waals surface area contributed by atoms with Gasteiger partial charge in [-0.25, -0.2) is 4.98 Å². The van der Waals surface area contributed by atoms with E-state index in [-0.39, 0.29) is 28.5 Å². The first-order valence-electron chi connectivity index (χ1n) is 23.5. The molecule has 314 valence electrons. The van der Waals surface area contributed by atoms with Gasteiger partial charge in [0.15, 0.2) is 5.58 Å². The molecule has 0 N–H and O–H groups in total. The summed E-state index contributed by atoms with van der Waals surface area (Å²) in [7, 11) is 0. The van der Waals surface area contributed by atoms with E-state index in [1.54, 1.807) is 0 Å². The maximum Gasteiger partial charge on any atom is 0.333 e. The number of rotatable bonds is 3. The van der Waals surface area contributed by atoms with Crippen LogP contribution in [0.4, 0.5) is 11.4 Å². The zero-order chi connectivity index (χ0) is 43.7. The van der Waals surface area contributed by atoms with E-state index >= 15 is 0 Å². The number of aromatic nitrogens is 2. The van der Waals surface area contributed by atoms with Crippen molar-refractivity contribution < 1.29 is 4.42 Å². The molecule has 4 nitrogen and oxygen atoms in total. The molecule has 64 heavy (non-hydrogen) atoms. The molecule has 9 aromatic rings. The summed E-state index contributed by atoms with van der Waals surface area (Å²) in [5.41, 5.74) is 22.7. The molecule has 0 radical (unpaired) electrons. The largest absolute Gasteiger partial charge is 0.436 e. The van der Waals surface area contributed by atoms with Gasteiger partial charge in [0, 0.05) is 45.0 Å². The van der Waals surface area contributed by atoms with Crippen LogP contribution in [0.1, 0.15) is 103 Å². The van der Waals surface area contributed by atoms with Crippen molar-refractivity contribution >= 4 is 62.1 Å². The molecule has 4 heterocycles. The van der Waals surface area contributed by atoms with Crippen LogP contribution in [0.3, 0.4) is 0 Å². The molecule has 0 bridgehead atoms. The van der Waals surface area contributed by atoms with Crippen molar-refractivity contribution in [2.24, 2.45) is 0 Å². The number of oxazole rings is 1. The summed E-state index contributed by atoms with van der Waals surface area (Å²) in [6.07, 6.45) is 4.67. The van der Waals surface area contributed by atoms with Crippen molar-refractivity contribution in [3.8, 4) is 39.4 Å². The number of anilines is 2. The summed E-state index contributed by atoms with van der Waals surface area (Å²) in [4.78, 5) is 7.99. The van der Waals surface area contributed by atoms with E-state index in [1.165, 1.54) is 95.0 Å². The Balaban J connectivity index is 1.21. The molecule has 0 fully saturated rings. The Labute approximate surface area is 377 Å². The van der Waals surface area contributed by atoms with Gasteiger partial charge in [-0.1, -0.05) is 128 Å². The molecule has 0 spiro atoms. The average Bonchev–Trinajstić information content (AvgIpc) is 3.88. The number of nitrogens with zero attached hydrogens (tertiary/aromatic N) is 3. The fraction of sp³-hybridized carbons (Fsp3) is 0.271. The number of benzene rings is 7. The van der Waals surface area contributed by atoms with E-state index in [0.29, 0.717) is 5.89 Å². The van der Waals surface area contributed by atoms with E-state index in [1.807, 2.05) is 6.07 Å². The summed E-state index contributed by atoms with van der Waals surface area (Å²) >= 11 is 0. The lowest BCUT2D eigenvalue weighted by Gasteiger charge is -2.47. The van der Waals surface area contributed by atoms with E-state index in [0.717, 1.165) is 41.6 Å². The standard InChI is InChI=1S/C59H54BN3O/c1-56(2)25-26-57(3,4)43-29-37(23-24-42(43)56)63-49-32-45-44(58(5,6)27-28-59(45,7)8)31-40(49)41-30-39(35-17-11-9-12-18-35)52-38-21-15-16-22-48(38)62-50-34-51-47(33-46(50)60(63)53(41)54(52)62)61-55(64-51)36-19-13-10-14-20-36/h9-24,29-34H,25-28H2,1-8H3. The molecule has 0 saturated carbocycles. The molecule has 0 atom stereocenters. The second-order valence-corrected chi connectivity index (χ2v) is 22.0. The summed E-state index contributed by atoms with van der Waals surface area (Å²) < 4.78 is 9.30. The first-order valence-corrected chi connectivity index (χ1v) is 23.5. The Hall–Kier alpha value is -6.33. The van der Waals surface area contributed by atoms with Gasteiger partial charge < -0.3 is 13.8 Å². The number of fused-ring (bicyclic) bond motifs is 11. The fourth-order valence-electron chi connectivity index (χ4n) is 12.5. The molecule has 13 rings (SSSR count). The highest BCUT2D eigenvalue weighted by molar-refractivity contribution is 6.94. The first kappa shape index (κ1) is 38.2. The quantitative estimate of drug-likeness (QED) is 0.166. The monoisotopic (exact) mass is 831 g/mol. The zero-order valence-corrected chi connectivity index (χ0v) is 38.4. The maximum absolute atomic E-state index is 6.73. The summed E-state index contributed by atoms with van der Waals surface area (Å²) in [6.45, 7) is 19.5. The van der Waals surface area contributed by atoms with Crippen LogP contribution in [0.5, 0.6) is 0 Å². The molecule has 2 aromatic heterocycles. The van der Waals surface area contributed by atoms with Crippen LogP contribution in [0.15, 0.2) is 138 Å². The van der Waals surface area contributed by atoms with Crippen molar-refractivity contribution in [3.05, 3.63) is 156 Å². The van der Waals surface area contributed by atoms with Crippen molar-refractivity contribution in [1.82, 2.24) is 9.55 Å². The molecule has 5 heteroatoms. The minimum atomic E-state index is -0.140. The smallest absolute Gasteiger partial charge is 0.333 e. The van der Waals surface area contributed by atoms with Gasteiger partial charge in [-0.05, 0) is 152 Å². The number of para-hydroxylation sites is 1. The van der Waals surface area contributed by atoms with Gasteiger partial charge in [-0.2, -0.15) is 0 Å². The highest BCUT2D eigenvalue weighted by Crippen LogP contribution is 2.55. The highest BCUT2D eigenvalue weighted by atomic mass is 16.3. The van der Waals surface area contributed by atoms with Crippen LogP contribution in [0, 0.1) is 0 Å². The predicted molar refractivity (Wildman–Crippen MR) is 269 cm³/mol. The lowest BCUT2D eigenvalue weighted by molar-refractivity contribution is 0.332. The lowest BCUT2D eigenvalue weighted by atomic mass is 9.43. The van der Waals surface area contributed by atoms with Gasteiger partial charge in [0.1, 0.15) is 5.52 Å². The lowest BCUT2D eigenvalue weighted by Crippen LogP contribution is -2.60. The van der Waals surface area contributed by atoms with Crippen molar-refractivity contribution in [1.29, 1.82) is 0 Å². The normalized spacial score (nSPS) is 18.2. The summed E-state index contributed by atoms with van der Waals surface area (Å²) in [5, 5.41) is 2.56. The number of hydrogen-bond acceptors (Lipinski definition) is 3. The van der Waals surface area contributed by atoms with Crippen LogP contribution in [-0.4, -0.2) is 16.4 Å². The Morgan fingerprint density at radius 1 is 0.531 bits per heavy atom. The van der Waals surface area contributed by atoms with Crippen LogP contribution in [-0.2, 0) is 21.7 Å². The van der Waals surface area contributed by atoms with Gasteiger partial charge in [0.2, 0.25) is 5.89 Å².